The molecule has 0 saturated heterocycles. The molecule has 4 rings (SSSR count). The van der Waals surface area contributed by atoms with Crippen molar-refractivity contribution in [2.45, 2.75) is 0 Å². The fraction of sp³-hybridized carbons (Fsp3) is 0.0556. The molecule has 2 aromatic carbocycles. The van der Waals surface area contributed by atoms with Crippen LogP contribution in [0.1, 0.15) is 11.3 Å². The SMILES string of the molecule is COc1ccc(O)c(C(=NN)c2nc3nonc3nc2Nc2ccc(F)cc2)c1. The van der Waals surface area contributed by atoms with Crippen molar-refractivity contribution in [3.05, 3.63) is 59.5 Å². The summed E-state index contributed by atoms with van der Waals surface area (Å²) in [6.07, 6.45) is 0. The maximum Gasteiger partial charge on any atom is 0.245 e. The maximum absolute atomic E-state index is 13.2. The lowest BCUT2D eigenvalue weighted by Gasteiger charge is -2.13. The molecule has 0 radical (unpaired) electrons. The number of aromatic nitrogens is 4. The van der Waals surface area contributed by atoms with E-state index in [1.807, 2.05) is 0 Å². The van der Waals surface area contributed by atoms with E-state index in [4.69, 9.17) is 10.6 Å². The zero-order valence-corrected chi connectivity index (χ0v) is 15.0. The van der Waals surface area contributed by atoms with Gasteiger partial charge in [-0.1, -0.05) is 0 Å². The lowest BCUT2D eigenvalue weighted by Crippen LogP contribution is -2.14. The molecular weight excluding hydrogens is 381 g/mol. The van der Waals surface area contributed by atoms with Crippen LogP contribution >= 0.6 is 0 Å². The number of benzene rings is 2. The van der Waals surface area contributed by atoms with Crippen LogP contribution in [0.25, 0.3) is 11.3 Å². The molecule has 4 aromatic rings. The van der Waals surface area contributed by atoms with Crippen LogP contribution in [0, 0.1) is 5.82 Å². The van der Waals surface area contributed by atoms with Crippen molar-refractivity contribution in [3.63, 3.8) is 0 Å². The first-order chi connectivity index (χ1) is 14.1. The molecule has 0 amide bonds. The van der Waals surface area contributed by atoms with Gasteiger partial charge in [-0.25, -0.2) is 19.0 Å². The Morgan fingerprint density at radius 2 is 1.86 bits per heavy atom. The lowest BCUT2D eigenvalue weighted by atomic mass is 10.0. The molecule has 0 bridgehead atoms. The molecule has 0 aliphatic carbocycles. The molecule has 10 nitrogen and oxygen atoms in total. The van der Waals surface area contributed by atoms with E-state index in [0.29, 0.717) is 11.4 Å². The average molecular weight is 395 g/mol. The first-order valence-corrected chi connectivity index (χ1v) is 8.27. The summed E-state index contributed by atoms with van der Waals surface area (Å²) in [4.78, 5) is 8.70. The van der Waals surface area contributed by atoms with Gasteiger partial charge in [-0.05, 0) is 52.8 Å². The summed E-state index contributed by atoms with van der Waals surface area (Å²) in [5, 5.41) is 24.5. The van der Waals surface area contributed by atoms with E-state index in [2.05, 4.69) is 35.3 Å². The zero-order valence-electron chi connectivity index (χ0n) is 15.0. The molecule has 29 heavy (non-hydrogen) atoms. The highest BCUT2D eigenvalue weighted by molar-refractivity contribution is 6.16. The molecule has 0 unspecified atom stereocenters. The molecule has 0 spiro atoms. The van der Waals surface area contributed by atoms with Crippen LogP contribution in [0.3, 0.4) is 0 Å². The van der Waals surface area contributed by atoms with Gasteiger partial charge in [-0.15, -0.1) is 0 Å². The lowest BCUT2D eigenvalue weighted by molar-refractivity contribution is 0.314. The minimum atomic E-state index is -0.386. The summed E-state index contributed by atoms with van der Waals surface area (Å²) in [6.45, 7) is 0. The number of aromatic hydroxyl groups is 1. The third kappa shape index (κ3) is 3.48. The Morgan fingerprint density at radius 3 is 2.55 bits per heavy atom. The normalized spacial score (nSPS) is 11.6. The minimum absolute atomic E-state index is 0.0945. The molecule has 146 valence electrons. The van der Waals surface area contributed by atoms with Crippen LogP contribution in [0.2, 0.25) is 0 Å². The summed E-state index contributed by atoms with van der Waals surface area (Å²) in [5.74, 6) is 5.83. The number of ether oxygens (including phenoxy) is 1. The van der Waals surface area contributed by atoms with Crippen molar-refractivity contribution in [1.29, 1.82) is 0 Å². The van der Waals surface area contributed by atoms with E-state index in [1.54, 1.807) is 12.1 Å². The molecule has 4 N–H and O–H groups in total. The number of phenols is 1. The number of methoxy groups -OCH3 is 1. The summed E-state index contributed by atoms with van der Waals surface area (Å²) < 4.78 is 23.1. The van der Waals surface area contributed by atoms with Gasteiger partial charge in [0.2, 0.25) is 11.3 Å². The first-order valence-electron chi connectivity index (χ1n) is 8.27. The highest BCUT2D eigenvalue weighted by atomic mass is 19.1. The van der Waals surface area contributed by atoms with E-state index >= 15 is 0 Å². The van der Waals surface area contributed by atoms with E-state index in [-0.39, 0.29) is 45.6 Å². The second-order valence-corrected chi connectivity index (χ2v) is 5.82. The Labute approximate surface area is 162 Å². The number of nitrogens with one attached hydrogen (secondary N) is 1. The summed E-state index contributed by atoms with van der Waals surface area (Å²) in [7, 11) is 1.49. The third-order valence-electron chi connectivity index (χ3n) is 4.03. The van der Waals surface area contributed by atoms with Gasteiger partial charge in [0.15, 0.2) is 5.82 Å². The van der Waals surface area contributed by atoms with Crippen LogP contribution in [-0.2, 0) is 0 Å². The Kier molecular flexibility index (Phi) is 4.61. The number of halogens is 1. The highest BCUT2D eigenvalue weighted by Gasteiger charge is 2.22. The van der Waals surface area contributed by atoms with E-state index in [9.17, 15) is 9.50 Å². The fourth-order valence-corrected chi connectivity index (χ4v) is 2.65. The fourth-order valence-electron chi connectivity index (χ4n) is 2.65. The predicted octanol–water partition coefficient (Wildman–Crippen LogP) is 2.32. The molecule has 0 aliphatic rings. The van der Waals surface area contributed by atoms with Gasteiger partial charge in [0.05, 0.1) is 7.11 Å². The standard InChI is InChI=1S/C18H14FN7O3/c1-28-11-6-7-13(27)12(8-11)14(24-20)15-16(21-10-4-2-9(19)3-5-10)23-18-17(22-15)25-29-26-18/h2-8,27H,20H2,1H3,(H,21,23,26). The Hall–Kier alpha value is -4.28. The van der Waals surface area contributed by atoms with Crippen molar-refractivity contribution in [2.75, 3.05) is 12.4 Å². The van der Waals surface area contributed by atoms with Gasteiger partial charge < -0.3 is 21.0 Å². The first kappa shape index (κ1) is 18.1. The third-order valence-corrected chi connectivity index (χ3v) is 4.03. The molecule has 11 heteroatoms. The second kappa shape index (κ2) is 7.38. The van der Waals surface area contributed by atoms with Crippen molar-refractivity contribution >= 4 is 28.5 Å². The van der Waals surface area contributed by atoms with Crippen molar-refractivity contribution in [1.82, 2.24) is 20.3 Å². The van der Waals surface area contributed by atoms with Crippen molar-refractivity contribution in [3.8, 4) is 11.5 Å². The molecule has 2 aromatic heterocycles. The number of hydrazone groups is 1. The van der Waals surface area contributed by atoms with Gasteiger partial charge in [0.1, 0.15) is 28.7 Å². The van der Waals surface area contributed by atoms with E-state index < -0.39 is 0 Å². The van der Waals surface area contributed by atoms with Crippen molar-refractivity contribution < 1.29 is 18.9 Å². The van der Waals surface area contributed by atoms with Crippen molar-refractivity contribution in [2.24, 2.45) is 10.9 Å². The second-order valence-electron chi connectivity index (χ2n) is 5.82. The largest absolute Gasteiger partial charge is 0.507 e. The number of hydrogen-bond donors (Lipinski definition) is 3. The van der Waals surface area contributed by atoms with Crippen LogP contribution in [0.4, 0.5) is 15.9 Å². The molecule has 0 aliphatic heterocycles. The Bertz CT molecular complexity index is 1210. The number of nitrogens with two attached hydrogens (primary N) is 1. The van der Waals surface area contributed by atoms with Gasteiger partial charge in [-0.3, -0.25) is 0 Å². The Balaban J connectivity index is 1.87. The topological polar surface area (TPSA) is 145 Å². The molecular formula is C18H14FN7O3. The number of rotatable bonds is 5. The van der Waals surface area contributed by atoms with Gasteiger partial charge >= 0.3 is 0 Å². The van der Waals surface area contributed by atoms with Crippen LogP contribution in [-0.4, -0.2) is 38.2 Å². The molecule has 0 fully saturated rings. The number of fused-ring (bicyclic) bond motifs is 1. The van der Waals surface area contributed by atoms with Crippen LogP contribution < -0.4 is 15.9 Å². The minimum Gasteiger partial charge on any atom is -0.507 e. The molecule has 0 saturated carbocycles. The van der Waals surface area contributed by atoms with Crippen LogP contribution in [0.5, 0.6) is 11.5 Å². The highest BCUT2D eigenvalue weighted by Crippen LogP contribution is 2.29. The Morgan fingerprint density at radius 1 is 1.14 bits per heavy atom. The zero-order chi connectivity index (χ0) is 20.4. The van der Waals surface area contributed by atoms with Gasteiger partial charge in [0.25, 0.3) is 0 Å². The summed E-state index contributed by atoms with van der Waals surface area (Å²) in [5.41, 5.74) is 1.34. The average Bonchev–Trinajstić information content (AvgIpc) is 3.19. The number of anilines is 2. The smallest absolute Gasteiger partial charge is 0.245 e. The molecule has 2 heterocycles. The maximum atomic E-state index is 13.2. The van der Waals surface area contributed by atoms with E-state index in [0.717, 1.165) is 0 Å². The van der Waals surface area contributed by atoms with Gasteiger partial charge in [0, 0.05) is 11.3 Å². The van der Waals surface area contributed by atoms with E-state index in [1.165, 1.54) is 37.4 Å². The molecule has 0 atom stereocenters. The number of nitrogens with zero attached hydrogens (tertiary/aromatic N) is 5. The number of hydrogen-bond acceptors (Lipinski definition) is 10. The van der Waals surface area contributed by atoms with Crippen LogP contribution in [0.15, 0.2) is 52.2 Å². The van der Waals surface area contributed by atoms with Gasteiger partial charge in [-0.2, -0.15) is 5.10 Å². The number of phenolic OH excluding ortho intramolecular Hbond substituents is 1. The monoisotopic (exact) mass is 395 g/mol. The quantitative estimate of drug-likeness (QED) is 0.263. The summed E-state index contributed by atoms with van der Waals surface area (Å²) in [6, 6.07) is 10.2. The predicted molar refractivity (Wildman–Crippen MR) is 102 cm³/mol. The summed E-state index contributed by atoms with van der Waals surface area (Å²) >= 11 is 0.